The van der Waals surface area contributed by atoms with Crippen LogP contribution in [0.3, 0.4) is 0 Å². The Hall–Kier alpha value is -1.57. The Morgan fingerprint density at radius 2 is 1.96 bits per heavy atom. The van der Waals surface area contributed by atoms with Gasteiger partial charge in [-0.1, -0.05) is 0 Å². The van der Waals surface area contributed by atoms with Crippen LogP contribution >= 0.6 is 11.3 Å². The molecule has 2 atom stereocenters. The van der Waals surface area contributed by atoms with Crippen molar-refractivity contribution in [2.45, 2.75) is 33.4 Å². The standard InChI is InChI=1S/C19H25N5OS/c1-12-13(2)20-11-21-19(12)24-7-14-5-23(6-15(14)8-24)9-18-22-16-3-4-25-10-17(16)26-18/h11,14-15H,3-10H2,1-2H3. The average Bonchev–Trinajstić information content (AvgIpc) is 3.29. The lowest BCUT2D eigenvalue weighted by Crippen LogP contribution is -2.29. The van der Waals surface area contributed by atoms with Crippen LogP contribution in [0.25, 0.3) is 0 Å². The van der Waals surface area contributed by atoms with E-state index >= 15 is 0 Å². The zero-order valence-electron chi connectivity index (χ0n) is 15.4. The predicted octanol–water partition coefficient (Wildman–Crippen LogP) is 2.19. The molecule has 2 aromatic rings. The van der Waals surface area contributed by atoms with E-state index in [1.807, 2.05) is 11.3 Å². The fraction of sp³-hybridized carbons (Fsp3) is 0.632. The summed E-state index contributed by atoms with van der Waals surface area (Å²) < 4.78 is 5.55. The summed E-state index contributed by atoms with van der Waals surface area (Å²) in [7, 11) is 0. The second kappa shape index (κ2) is 6.55. The lowest BCUT2D eigenvalue weighted by molar-refractivity contribution is 0.112. The number of rotatable bonds is 3. The van der Waals surface area contributed by atoms with E-state index in [-0.39, 0.29) is 0 Å². The molecular weight excluding hydrogens is 346 g/mol. The zero-order chi connectivity index (χ0) is 17.7. The van der Waals surface area contributed by atoms with E-state index in [1.165, 1.54) is 34.2 Å². The van der Waals surface area contributed by atoms with Crippen LogP contribution in [0.4, 0.5) is 5.82 Å². The SMILES string of the molecule is Cc1ncnc(N2CC3CN(Cc4nc5c(s4)COCC5)CC3C2)c1C. The van der Waals surface area contributed by atoms with Gasteiger partial charge in [-0.25, -0.2) is 15.0 Å². The Morgan fingerprint density at radius 1 is 1.15 bits per heavy atom. The van der Waals surface area contributed by atoms with E-state index in [2.05, 4.69) is 33.6 Å². The first-order valence-electron chi connectivity index (χ1n) is 9.48. The van der Waals surface area contributed by atoms with Crippen LogP contribution in [0.1, 0.15) is 26.8 Å². The molecule has 2 fully saturated rings. The van der Waals surface area contributed by atoms with Gasteiger partial charge in [-0.3, -0.25) is 4.90 Å². The van der Waals surface area contributed by atoms with Crippen LogP contribution in [0.2, 0.25) is 0 Å². The summed E-state index contributed by atoms with van der Waals surface area (Å²) in [6, 6.07) is 0. The first-order chi connectivity index (χ1) is 12.7. The van der Waals surface area contributed by atoms with Gasteiger partial charge >= 0.3 is 0 Å². The molecule has 2 aromatic heterocycles. The van der Waals surface area contributed by atoms with Crippen LogP contribution in [-0.2, 0) is 24.3 Å². The molecule has 0 radical (unpaired) electrons. The normalized spacial score (nSPS) is 25.5. The number of thiazole rings is 1. The van der Waals surface area contributed by atoms with E-state index in [9.17, 15) is 0 Å². The van der Waals surface area contributed by atoms with Gasteiger partial charge in [0.2, 0.25) is 0 Å². The van der Waals surface area contributed by atoms with E-state index in [1.54, 1.807) is 6.33 Å². The van der Waals surface area contributed by atoms with Gasteiger partial charge in [0.05, 0.1) is 30.3 Å². The molecule has 0 N–H and O–H groups in total. The quantitative estimate of drug-likeness (QED) is 0.824. The predicted molar refractivity (Wildman–Crippen MR) is 101 cm³/mol. The number of ether oxygens (including phenoxy) is 1. The Labute approximate surface area is 158 Å². The van der Waals surface area contributed by atoms with Crippen molar-refractivity contribution in [3.8, 4) is 0 Å². The number of aromatic nitrogens is 3. The zero-order valence-corrected chi connectivity index (χ0v) is 16.3. The molecule has 3 aliphatic heterocycles. The lowest BCUT2D eigenvalue weighted by Gasteiger charge is -2.23. The van der Waals surface area contributed by atoms with Crippen molar-refractivity contribution in [3.05, 3.63) is 33.2 Å². The molecule has 0 amide bonds. The highest BCUT2D eigenvalue weighted by Gasteiger charge is 2.41. The van der Waals surface area contributed by atoms with E-state index in [4.69, 9.17) is 9.72 Å². The van der Waals surface area contributed by atoms with Gasteiger partial charge in [-0.15, -0.1) is 11.3 Å². The third-order valence-corrected chi connectivity index (χ3v) is 7.12. The molecule has 5 rings (SSSR count). The molecule has 26 heavy (non-hydrogen) atoms. The molecular formula is C19H25N5OS. The van der Waals surface area contributed by atoms with Crippen LogP contribution in [-0.4, -0.2) is 52.6 Å². The van der Waals surface area contributed by atoms with Gasteiger partial charge in [0.1, 0.15) is 17.2 Å². The van der Waals surface area contributed by atoms with Crippen molar-refractivity contribution in [1.82, 2.24) is 19.9 Å². The number of hydrogen-bond donors (Lipinski definition) is 0. The fourth-order valence-corrected chi connectivity index (χ4v) is 5.67. The molecule has 2 unspecified atom stereocenters. The van der Waals surface area contributed by atoms with Gasteiger partial charge in [0.25, 0.3) is 0 Å². The smallest absolute Gasteiger partial charge is 0.135 e. The van der Waals surface area contributed by atoms with Crippen LogP contribution in [0.5, 0.6) is 0 Å². The number of likely N-dealkylation sites (tertiary alicyclic amines) is 1. The Morgan fingerprint density at radius 3 is 2.73 bits per heavy atom. The summed E-state index contributed by atoms with van der Waals surface area (Å²) in [5.74, 6) is 2.61. The topological polar surface area (TPSA) is 54.4 Å². The maximum absolute atomic E-state index is 5.55. The van der Waals surface area contributed by atoms with Crippen LogP contribution in [0.15, 0.2) is 6.33 Å². The minimum atomic E-state index is 0.739. The summed E-state index contributed by atoms with van der Waals surface area (Å²) in [6.07, 6.45) is 2.68. The molecule has 2 saturated heterocycles. The van der Waals surface area contributed by atoms with Crippen LogP contribution in [0, 0.1) is 25.7 Å². The van der Waals surface area contributed by atoms with Gasteiger partial charge in [0.15, 0.2) is 0 Å². The molecule has 0 spiro atoms. The largest absolute Gasteiger partial charge is 0.375 e. The molecule has 0 saturated carbocycles. The number of fused-ring (bicyclic) bond motifs is 2. The highest BCUT2D eigenvalue weighted by Crippen LogP contribution is 2.35. The number of nitrogens with zero attached hydrogens (tertiary/aromatic N) is 5. The summed E-state index contributed by atoms with van der Waals surface area (Å²) >= 11 is 1.85. The highest BCUT2D eigenvalue weighted by molar-refractivity contribution is 7.11. The van der Waals surface area contributed by atoms with Crippen LogP contribution < -0.4 is 4.90 Å². The molecule has 138 valence electrons. The van der Waals surface area contributed by atoms with Gasteiger partial charge in [-0.05, 0) is 25.7 Å². The Kier molecular flexibility index (Phi) is 4.18. The highest BCUT2D eigenvalue weighted by atomic mass is 32.1. The summed E-state index contributed by atoms with van der Waals surface area (Å²) in [4.78, 5) is 20.1. The summed E-state index contributed by atoms with van der Waals surface area (Å²) in [5.41, 5.74) is 3.58. The molecule has 7 heteroatoms. The first kappa shape index (κ1) is 16.6. The van der Waals surface area contributed by atoms with Gasteiger partial charge in [-0.2, -0.15) is 0 Å². The lowest BCUT2D eigenvalue weighted by atomic mass is 10.0. The summed E-state index contributed by atoms with van der Waals surface area (Å²) in [5, 5.41) is 1.26. The number of hydrogen-bond acceptors (Lipinski definition) is 7. The van der Waals surface area contributed by atoms with Crippen molar-refractivity contribution < 1.29 is 4.74 Å². The fourth-order valence-electron chi connectivity index (χ4n) is 4.57. The summed E-state index contributed by atoms with van der Waals surface area (Å²) in [6.45, 7) is 11.3. The maximum Gasteiger partial charge on any atom is 0.135 e. The van der Waals surface area contributed by atoms with Crippen molar-refractivity contribution in [2.75, 3.05) is 37.7 Å². The van der Waals surface area contributed by atoms with Crippen molar-refractivity contribution in [3.63, 3.8) is 0 Å². The Balaban J connectivity index is 1.23. The Bertz CT molecular complexity index is 785. The maximum atomic E-state index is 5.55. The van der Waals surface area contributed by atoms with Gasteiger partial charge < -0.3 is 9.64 Å². The second-order valence-corrected chi connectivity index (χ2v) is 8.98. The molecule has 0 aliphatic carbocycles. The van der Waals surface area contributed by atoms with Gasteiger partial charge in [0, 0.05) is 43.9 Å². The average molecular weight is 372 g/mol. The van der Waals surface area contributed by atoms with Crippen molar-refractivity contribution in [2.24, 2.45) is 11.8 Å². The third-order valence-electron chi connectivity index (χ3n) is 6.07. The number of aryl methyl sites for hydroxylation is 1. The first-order valence-corrected chi connectivity index (χ1v) is 10.3. The minimum absolute atomic E-state index is 0.739. The van der Waals surface area contributed by atoms with E-state index in [0.717, 1.165) is 62.6 Å². The molecule has 0 bridgehead atoms. The van der Waals surface area contributed by atoms with Crippen molar-refractivity contribution in [1.29, 1.82) is 0 Å². The molecule has 3 aliphatic rings. The molecule has 0 aromatic carbocycles. The molecule has 6 nitrogen and oxygen atoms in total. The van der Waals surface area contributed by atoms with E-state index in [0.29, 0.717) is 0 Å². The minimum Gasteiger partial charge on any atom is -0.375 e. The monoisotopic (exact) mass is 371 g/mol. The number of anilines is 1. The third kappa shape index (κ3) is 2.92. The van der Waals surface area contributed by atoms with E-state index < -0.39 is 0 Å². The molecule has 5 heterocycles. The van der Waals surface area contributed by atoms with Crippen molar-refractivity contribution >= 4 is 17.2 Å². The second-order valence-electron chi connectivity index (χ2n) is 7.81.